The number of hydrogen-bond donors (Lipinski definition) is 2. The highest BCUT2D eigenvalue weighted by molar-refractivity contribution is 5.68. The largest absolute Gasteiger partial charge is 0.444 e. The summed E-state index contributed by atoms with van der Waals surface area (Å²) in [5, 5.41) is 12.8. The molecule has 1 aliphatic rings. The van der Waals surface area contributed by atoms with E-state index in [-0.39, 0.29) is 30.2 Å². The van der Waals surface area contributed by atoms with Gasteiger partial charge in [0.05, 0.1) is 0 Å². The lowest BCUT2D eigenvalue weighted by atomic mass is 9.84. The summed E-state index contributed by atoms with van der Waals surface area (Å²) in [4.78, 5) is 13.8. The van der Waals surface area contributed by atoms with E-state index in [0.29, 0.717) is 6.54 Å². The highest BCUT2D eigenvalue weighted by Crippen LogP contribution is 2.24. The van der Waals surface area contributed by atoms with Crippen LogP contribution in [0.4, 0.5) is 4.79 Å². The molecule has 21 heavy (non-hydrogen) atoms. The molecule has 2 N–H and O–H groups in total. The molecule has 0 saturated carbocycles. The van der Waals surface area contributed by atoms with Crippen molar-refractivity contribution in [3.05, 3.63) is 0 Å². The van der Waals surface area contributed by atoms with Gasteiger partial charge in [-0.25, -0.2) is 4.79 Å². The number of nitrogens with zero attached hydrogens (tertiary/aromatic N) is 1. The predicted molar refractivity (Wildman–Crippen MR) is 84.3 cm³/mol. The molecule has 0 bridgehead atoms. The van der Waals surface area contributed by atoms with E-state index in [1.165, 1.54) is 0 Å². The van der Waals surface area contributed by atoms with Crippen molar-refractivity contribution in [3.8, 4) is 0 Å². The number of nitrogens with one attached hydrogen (secondary N) is 1. The molecular formula is C16H32N2O3. The van der Waals surface area contributed by atoms with Crippen molar-refractivity contribution in [1.82, 2.24) is 10.2 Å². The molecule has 2 atom stereocenters. The number of likely N-dealkylation sites (tertiary alicyclic amines) is 1. The molecule has 1 heterocycles. The van der Waals surface area contributed by atoms with E-state index in [2.05, 4.69) is 26.1 Å². The van der Waals surface area contributed by atoms with Gasteiger partial charge in [0.15, 0.2) is 0 Å². The van der Waals surface area contributed by atoms with Gasteiger partial charge < -0.3 is 20.1 Å². The molecule has 0 unspecified atom stereocenters. The third-order valence-corrected chi connectivity index (χ3v) is 3.74. The third-order valence-electron chi connectivity index (χ3n) is 3.74. The Kier molecular flexibility index (Phi) is 6.05. The van der Waals surface area contributed by atoms with Gasteiger partial charge in [-0.1, -0.05) is 20.8 Å². The zero-order valence-electron chi connectivity index (χ0n) is 14.4. The highest BCUT2D eigenvalue weighted by atomic mass is 16.6. The van der Waals surface area contributed by atoms with Crippen molar-refractivity contribution < 1.29 is 14.6 Å². The first-order chi connectivity index (χ1) is 9.53. The summed E-state index contributed by atoms with van der Waals surface area (Å²) in [6.07, 6.45) is 1.42. The van der Waals surface area contributed by atoms with Gasteiger partial charge in [-0.05, 0) is 39.0 Å². The SMILES string of the molecule is CC(C)(C)OC(=O)N1CC[C@@H](N[C@H](CCO)C(C)(C)C)C1. The molecule has 5 nitrogen and oxygen atoms in total. The van der Waals surface area contributed by atoms with E-state index >= 15 is 0 Å². The van der Waals surface area contributed by atoms with E-state index in [1.54, 1.807) is 4.90 Å². The lowest BCUT2D eigenvalue weighted by molar-refractivity contribution is 0.0289. The monoisotopic (exact) mass is 300 g/mol. The summed E-state index contributed by atoms with van der Waals surface area (Å²) in [7, 11) is 0. The molecular weight excluding hydrogens is 268 g/mol. The minimum Gasteiger partial charge on any atom is -0.444 e. The van der Waals surface area contributed by atoms with Crippen LogP contribution in [0.1, 0.15) is 54.4 Å². The van der Waals surface area contributed by atoms with Crippen molar-refractivity contribution in [2.24, 2.45) is 5.41 Å². The second-order valence-electron chi connectivity index (χ2n) is 8.01. The van der Waals surface area contributed by atoms with E-state index in [4.69, 9.17) is 4.74 Å². The van der Waals surface area contributed by atoms with Crippen LogP contribution in [0.2, 0.25) is 0 Å². The zero-order chi connectivity index (χ0) is 16.3. The van der Waals surface area contributed by atoms with Gasteiger partial charge in [0, 0.05) is 31.8 Å². The fourth-order valence-electron chi connectivity index (χ4n) is 2.57. The summed E-state index contributed by atoms with van der Waals surface area (Å²) in [6, 6.07) is 0.513. The van der Waals surface area contributed by atoms with Crippen LogP contribution in [-0.2, 0) is 4.74 Å². The van der Waals surface area contributed by atoms with Crippen molar-refractivity contribution in [2.45, 2.75) is 72.1 Å². The first-order valence-corrected chi connectivity index (χ1v) is 7.88. The van der Waals surface area contributed by atoms with Crippen LogP contribution >= 0.6 is 0 Å². The maximum atomic E-state index is 12.1. The fourth-order valence-corrected chi connectivity index (χ4v) is 2.57. The second-order valence-corrected chi connectivity index (χ2v) is 8.01. The van der Waals surface area contributed by atoms with Gasteiger partial charge in [-0.2, -0.15) is 0 Å². The molecule has 0 spiro atoms. The van der Waals surface area contributed by atoms with Crippen molar-refractivity contribution >= 4 is 6.09 Å². The zero-order valence-corrected chi connectivity index (χ0v) is 14.4. The Morgan fingerprint density at radius 2 is 1.95 bits per heavy atom. The maximum absolute atomic E-state index is 12.1. The van der Waals surface area contributed by atoms with Crippen LogP contribution in [0, 0.1) is 5.41 Å². The summed E-state index contributed by atoms with van der Waals surface area (Å²) in [6.45, 7) is 13.7. The third kappa shape index (κ3) is 6.22. The molecule has 1 fully saturated rings. The molecule has 0 aromatic heterocycles. The molecule has 1 aliphatic heterocycles. The molecule has 5 heteroatoms. The molecule has 0 aromatic rings. The Balaban J connectivity index is 2.52. The van der Waals surface area contributed by atoms with Crippen molar-refractivity contribution in [2.75, 3.05) is 19.7 Å². The Labute approximate surface area is 129 Å². The summed E-state index contributed by atoms with van der Waals surface area (Å²) >= 11 is 0. The van der Waals surface area contributed by atoms with Gasteiger partial charge in [-0.15, -0.1) is 0 Å². The Morgan fingerprint density at radius 3 is 2.43 bits per heavy atom. The summed E-state index contributed by atoms with van der Waals surface area (Å²) in [5.41, 5.74) is -0.366. The maximum Gasteiger partial charge on any atom is 0.410 e. The molecule has 0 aliphatic carbocycles. The number of aliphatic hydroxyl groups is 1. The number of carbonyl (C=O) groups excluding carboxylic acids is 1. The van der Waals surface area contributed by atoms with Crippen LogP contribution in [-0.4, -0.2) is 53.5 Å². The number of amides is 1. The number of ether oxygens (including phenoxy) is 1. The van der Waals surface area contributed by atoms with E-state index in [0.717, 1.165) is 19.4 Å². The predicted octanol–water partition coefficient (Wildman–Crippen LogP) is 2.38. The normalized spacial score (nSPS) is 21.5. The first-order valence-electron chi connectivity index (χ1n) is 7.88. The van der Waals surface area contributed by atoms with E-state index < -0.39 is 5.60 Å². The molecule has 1 saturated heterocycles. The smallest absolute Gasteiger partial charge is 0.410 e. The second kappa shape index (κ2) is 6.97. The van der Waals surface area contributed by atoms with Gasteiger partial charge in [0.2, 0.25) is 0 Å². The average Bonchev–Trinajstić information content (AvgIpc) is 2.73. The fraction of sp³-hybridized carbons (Fsp3) is 0.938. The lowest BCUT2D eigenvalue weighted by Gasteiger charge is -2.33. The van der Waals surface area contributed by atoms with Gasteiger partial charge in [0.1, 0.15) is 5.60 Å². The Bertz CT molecular complexity index is 344. The van der Waals surface area contributed by atoms with E-state index in [9.17, 15) is 9.90 Å². The quantitative estimate of drug-likeness (QED) is 0.837. The summed E-state index contributed by atoms with van der Waals surface area (Å²) < 4.78 is 5.41. The Hall–Kier alpha value is -0.810. The number of rotatable bonds is 4. The first kappa shape index (κ1) is 18.2. The van der Waals surface area contributed by atoms with Crippen LogP contribution in [0.15, 0.2) is 0 Å². The average molecular weight is 300 g/mol. The minimum atomic E-state index is -0.451. The number of aliphatic hydroxyl groups excluding tert-OH is 1. The van der Waals surface area contributed by atoms with Crippen LogP contribution in [0.25, 0.3) is 0 Å². The molecule has 0 radical (unpaired) electrons. The van der Waals surface area contributed by atoms with Gasteiger partial charge in [-0.3, -0.25) is 0 Å². The van der Waals surface area contributed by atoms with E-state index in [1.807, 2.05) is 20.8 Å². The lowest BCUT2D eigenvalue weighted by Crippen LogP contribution is -2.47. The standard InChI is InChI=1S/C16H32N2O3/c1-15(2,3)13(8-10-19)17-12-7-9-18(11-12)14(20)21-16(4,5)6/h12-13,17,19H,7-11H2,1-6H3/t12-,13-/m1/s1. The van der Waals surface area contributed by atoms with Crippen molar-refractivity contribution in [1.29, 1.82) is 0 Å². The molecule has 124 valence electrons. The Morgan fingerprint density at radius 1 is 1.33 bits per heavy atom. The highest BCUT2D eigenvalue weighted by Gasteiger charge is 2.33. The van der Waals surface area contributed by atoms with Gasteiger partial charge >= 0.3 is 6.09 Å². The van der Waals surface area contributed by atoms with Crippen molar-refractivity contribution in [3.63, 3.8) is 0 Å². The number of hydrogen-bond acceptors (Lipinski definition) is 4. The van der Waals surface area contributed by atoms with Crippen LogP contribution in [0.3, 0.4) is 0 Å². The molecule has 1 rings (SSSR count). The van der Waals surface area contributed by atoms with Crippen LogP contribution in [0.5, 0.6) is 0 Å². The molecule has 0 aromatic carbocycles. The summed E-state index contributed by atoms with van der Waals surface area (Å²) in [5.74, 6) is 0. The van der Waals surface area contributed by atoms with Crippen LogP contribution < -0.4 is 5.32 Å². The topological polar surface area (TPSA) is 61.8 Å². The molecule has 1 amide bonds. The van der Waals surface area contributed by atoms with Gasteiger partial charge in [0.25, 0.3) is 0 Å². The number of carbonyl (C=O) groups is 1. The minimum absolute atomic E-state index is 0.0854.